The van der Waals surface area contributed by atoms with Crippen LogP contribution in [-0.2, 0) is 11.3 Å². The lowest BCUT2D eigenvalue weighted by atomic mass is 10.1. The zero-order valence-corrected chi connectivity index (χ0v) is 17.6. The van der Waals surface area contributed by atoms with Crippen LogP contribution in [0.3, 0.4) is 0 Å². The van der Waals surface area contributed by atoms with Gasteiger partial charge >= 0.3 is 0 Å². The third-order valence-corrected chi connectivity index (χ3v) is 6.07. The van der Waals surface area contributed by atoms with Gasteiger partial charge in [0.2, 0.25) is 5.91 Å². The van der Waals surface area contributed by atoms with E-state index in [1.807, 2.05) is 57.4 Å². The Morgan fingerprint density at radius 2 is 1.86 bits per heavy atom. The molecule has 28 heavy (non-hydrogen) atoms. The minimum atomic E-state index is -0.0858. The highest BCUT2D eigenvalue weighted by Gasteiger charge is 2.37. The summed E-state index contributed by atoms with van der Waals surface area (Å²) < 4.78 is 0. The summed E-state index contributed by atoms with van der Waals surface area (Å²) in [5, 5.41) is 9.21. The Balaban J connectivity index is 1.78. The fraction of sp³-hybridized carbons (Fsp3) is 0.318. The third kappa shape index (κ3) is 4.62. The van der Waals surface area contributed by atoms with Gasteiger partial charge in [-0.2, -0.15) is 5.10 Å². The van der Waals surface area contributed by atoms with Crippen molar-refractivity contribution < 1.29 is 4.79 Å². The second kappa shape index (κ2) is 9.06. The van der Waals surface area contributed by atoms with Crippen molar-refractivity contribution >= 4 is 34.7 Å². The van der Waals surface area contributed by atoms with Crippen LogP contribution in [0, 0.1) is 6.92 Å². The van der Waals surface area contributed by atoms with Gasteiger partial charge in [-0.05, 0) is 42.2 Å². The van der Waals surface area contributed by atoms with Gasteiger partial charge in [0.1, 0.15) is 0 Å². The summed E-state index contributed by atoms with van der Waals surface area (Å²) >= 11 is 1.50. The quantitative estimate of drug-likeness (QED) is 0.542. The summed E-state index contributed by atoms with van der Waals surface area (Å²) in [6.45, 7) is 4.62. The lowest BCUT2D eigenvalue weighted by Crippen LogP contribution is -2.31. The molecule has 6 heteroatoms. The Labute approximate surface area is 171 Å². The lowest BCUT2D eigenvalue weighted by Gasteiger charge is -2.17. The van der Waals surface area contributed by atoms with E-state index in [9.17, 15) is 4.79 Å². The maximum Gasteiger partial charge on any atom is 0.242 e. The Hall–Kier alpha value is -2.60. The van der Waals surface area contributed by atoms with Gasteiger partial charge in [0.15, 0.2) is 5.17 Å². The number of hydrogen-bond donors (Lipinski definition) is 0. The van der Waals surface area contributed by atoms with Crippen molar-refractivity contribution in [3.8, 4) is 0 Å². The van der Waals surface area contributed by atoms with E-state index in [2.05, 4.69) is 34.2 Å². The monoisotopic (exact) mass is 394 g/mol. The summed E-state index contributed by atoms with van der Waals surface area (Å²) in [5.41, 5.74) is 4.41. The van der Waals surface area contributed by atoms with Crippen molar-refractivity contribution in [2.75, 3.05) is 19.0 Å². The number of hydrogen-bond acceptors (Lipinski definition) is 5. The molecule has 1 saturated heterocycles. The highest BCUT2D eigenvalue weighted by atomic mass is 32.2. The first-order chi connectivity index (χ1) is 13.5. The van der Waals surface area contributed by atoms with E-state index < -0.39 is 0 Å². The third-order valence-electron chi connectivity index (χ3n) is 4.74. The fourth-order valence-electron chi connectivity index (χ4n) is 2.95. The average Bonchev–Trinajstić information content (AvgIpc) is 2.99. The number of benzene rings is 2. The van der Waals surface area contributed by atoms with Crippen LogP contribution in [0.1, 0.15) is 30.0 Å². The van der Waals surface area contributed by atoms with Gasteiger partial charge in [-0.3, -0.25) is 9.69 Å². The molecule has 0 spiro atoms. The molecular weight excluding hydrogens is 368 g/mol. The van der Waals surface area contributed by atoms with Gasteiger partial charge in [0.05, 0.1) is 18.0 Å². The zero-order valence-electron chi connectivity index (χ0n) is 16.8. The van der Waals surface area contributed by atoms with Crippen molar-refractivity contribution in [3.05, 3.63) is 65.2 Å². The molecule has 1 atom stereocenters. The van der Waals surface area contributed by atoms with Crippen LogP contribution in [0.4, 0.5) is 5.69 Å². The van der Waals surface area contributed by atoms with E-state index in [1.165, 1.54) is 17.3 Å². The molecule has 1 heterocycles. The zero-order chi connectivity index (χ0) is 20.1. The van der Waals surface area contributed by atoms with Crippen LogP contribution < -0.4 is 4.90 Å². The van der Waals surface area contributed by atoms with Gasteiger partial charge < -0.3 is 4.90 Å². The number of rotatable bonds is 6. The molecule has 0 N–H and O–H groups in total. The largest absolute Gasteiger partial charge is 0.378 e. The van der Waals surface area contributed by atoms with Crippen molar-refractivity contribution in [2.45, 2.75) is 32.1 Å². The smallest absolute Gasteiger partial charge is 0.242 e. The molecule has 1 amide bonds. The first kappa shape index (κ1) is 20.1. The van der Waals surface area contributed by atoms with E-state index in [0.29, 0.717) is 11.7 Å². The minimum absolute atomic E-state index is 0.0858. The molecule has 0 bridgehead atoms. The van der Waals surface area contributed by atoms with Crippen LogP contribution in [0.2, 0.25) is 0 Å². The predicted molar refractivity (Wildman–Crippen MR) is 119 cm³/mol. The number of anilines is 1. The van der Waals surface area contributed by atoms with Crippen LogP contribution in [0.5, 0.6) is 0 Å². The molecular formula is C22H26N4OS. The molecule has 5 nitrogen and oxygen atoms in total. The van der Waals surface area contributed by atoms with Crippen LogP contribution in [0.15, 0.2) is 58.7 Å². The normalized spacial score (nSPS) is 18.4. The van der Waals surface area contributed by atoms with Crippen molar-refractivity contribution in [3.63, 3.8) is 0 Å². The lowest BCUT2D eigenvalue weighted by molar-refractivity contribution is -0.126. The van der Waals surface area contributed by atoms with Crippen LogP contribution in [0.25, 0.3) is 0 Å². The second-order valence-corrected chi connectivity index (χ2v) is 8.15. The summed E-state index contributed by atoms with van der Waals surface area (Å²) in [5.74, 6) is 0.111. The topological polar surface area (TPSA) is 48.3 Å². The van der Waals surface area contributed by atoms with E-state index >= 15 is 0 Å². The molecule has 1 aliphatic rings. The molecule has 146 valence electrons. The number of amidine groups is 1. The van der Waals surface area contributed by atoms with Crippen LogP contribution in [-0.4, -0.2) is 41.5 Å². The van der Waals surface area contributed by atoms with E-state index in [0.717, 1.165) is 23.2 Å². The highest BCUT2D eigenvalue weighted by molar-refractivity contribution is 8.15. The van der Waals surface area contributed by atoms with Gasteiger partial charge in [-0.15, -0.1) is 5.10 Å². The molecule has 2 aromatic carbocycles. The SMILES string of the molecule is CC[C@H]1S/C(=N/N=C\c2ccc(N(C)C)cc2)N(Cc2ccccc2C)C1=O. The first-order valence-corrected chi connectivity index (χ1v) is 10.3. The van der Waals surface area contributed by atoms with Crippen LogP contribution >= 0.6 is 11.8 Å². The molecule has 3 rings (SSSR count). The van der Waals surface area contributed by atoms with Gasteiger partial charge in [-0.1, -0.05) is 55.1 Å². The molecule has 2 aromatic rings. The second-order valence-electron chi connectivity index (χ2n) is 6.98. The average molecular weight is 395 g/mol. The molecule has 0 unspecified atom stereocenters. The van der Waals surface area contributed by atoms with Gasteiger partial charge in [-0.25, -0.2) is 0 Å². The van der Waals surface area contributed by atoms with Gasteiger partial charge in [0, 0.05) is 19.8 Å². The predicted octanol–water partition coefficient (Wildman–Crippen LogP) is 4.31. The maximum absolute atomic E-state index is 12.8. The van der Waals surface area contributed by atoms with Gasteiger partial charge in [0.25, 0.3) is 0 Å². The van der Waals surface area contributed by atoms with E-state index in [4.69, 9.17) is 0 Å². The van der Waals surface area contributed by atoms with E-state index in [1.54, 1.807) is 11.1 Å². The van der Waals surface area contributed by atoms with Crippen molar-refractivity contribution in [1.29, 1.82) is 0 Å². The number of nitrogens with zero attached hydrogens (tertiary/aromatic N) is 4. The Morgan fingerprint density at radius 3 is 2.50 bits per heavy atom. The summed E-state index contributed by atoms with van der Waals surface area (Å²) in [7, 11) is 4.02. The molecule has 0 aromatic heterocycles. The van der Waals surface area contributed by atoms with E-state index in [-0.39, 0.29) is 11.2 Å². The summed E-state index contributed by atoms with van der Waals surface area (Å²) in [6.07, 6.45) is 2.51. The number of aryl methyl sites for hydroxylation is 1. The molecule has 0 radical (unpaired) electrons. The molecule has 1 aliphatic heterocycles. The number of carbonyl (C=O) groups excluding carboxylic acids is 1. The summed E-state index contributed by atoms with van der Waals surface area (Å²) in [4.78, 5) is 16.6. The number of thioether (sulfide) groups is 1. The Kier molecular flexibility index (Phi) is 6.52. The summed E-state index contributed by atoms with van der Waals surface area (Å²) in [6, 6.07) is 16.2. The number of carbonyl (C=O) groups is 1. The fourth-order valence-corrected chi connectivity index (χ4v) is 3.98. The Bertz CT molecular complexity index is 890. The molecule has 1 fully saturated rings. The number of amides is 1. The molecule has 0 saturated carbocycles. The van der Waals surface area contributed by atoms with Crippen molar-refractivity contribution in [2.24, 2.45) is 10.2 Å². The molecule has 0 aliphatic carbocycles. The Morgan fingerprint density at radius 1 is 1.14 bits per heavy atom. The standard InChI is InChI=1S/C22H26N4OS/c1-5-20-21(27)26(15-18-9-7-6-8-16(18)2)22(28-20)24-23-14-17-10-12-19(13-11-17)25(3)4/h6-14,20H,5,15H2,1-4H3/b23-14-,24-22+/t20-/m1/s1. The maximum atomic E-state index is 12.8. The highest BCUT2D eigenvalue weighted by Crippen LogP contribution is 2.31. The first-order valence-electron chi connectivity index (χ1n) is 9.40. The van der Waals surface area contributed by atoms with Crippen molar-refractivity contribution in [1.82, 2.24) is 4.90 Å². The minimum Gasteiger partial charge on any atom is -0.378 e.